The molecule has 1 saturated heterocycles. The second kappa shape index (κ2) is 8.95. The Morgan fingerprint density at radius 2 is 1.79 bits per heavy atom. The molecule has 0 spiro atoms. The van der Waals surface area contributed by atoms with E-state index in [9.17, 15) is 18.0 Å². The molecule has 0 unspecified atom stereocenters. The minimum Gasteiger partial charge on any atom is -0.496 e. The Balaban J connectivity index is 1.51. The van der Waals surface area contributed by atoms with E-state index in [-0.39, 0.29) is 5.75 Å². The zero-order valence-electron chi connectivity index (χ0n) is 16.1. The number of anilines is 2. The molecule has 2 amide bonds. The molecule has 0 radical (unpaired) electrons. The third-order valence-electron chi connectivity index (χ3n) is 4.59. The summed E-state index contributed by atoms with van der Waals surface area (Å²) in [5, 5.41) is 5.08. The lowest BCUT2D eigenvalue weighted by atomic mass is 10.1. The van der Waals surface area contributed by atoms with Crippen molar-refractivity contribution in [1.29, 1.82) is 0 Å². The van der Waals surface area contributed by atoms with Gasteiger partial charge in [-0.2, -0.15) is 0 Å². The van der Waals surface area contributed by atoms with Crippen LogP contribution in [0.1, 0.15) is 12.0 Å². The summed E-state index contributed by atoms with van der Waals surface area (Å²) < 4.78 is 30.5. The number of hydrogen-bond acceptors (Lipinski definition) is 5. The number of methoxy groups -OCH3 is 1. The fraction of sp³-hybridized carbons (Fsp3) is 0.300. The second-order valence-corrected chi connectivity index (χ2v) is 8.57. The van der Waals surface area contributed by atoms with Crippen LogP contribution >= 0.6 is 0 Å². The van der Waals surface area contributed by atoms with Gasteiger partial charge < -0.3 is 15.4 Å². The molecule has 0 atom stereocenters. The summed E-state index contributed by atoms with van der Waals surface area (Å²) in [7, 11) is -1.68. The molecule has 154 valence electrons. The van der Waals surface area contributed by atoms with Crippen molar-refractivity contribution in [2.24, 2.45) is 0 Å². The number of benzene rings is 2. The van der Waals surface area contributed by atoms with Gasteiger partial charge >= 0.3 is 11.8 Å². The first kappa shape index (κ1) is 20.7. The number of nitrogens with one attached hydrogen (secondary N) is 2. The highest BCUT2D eigenvalue weighted by Crippen LogP contribution is 2.25. The van der Waals surface area contributed by atoms with Crippen molar-refractivity contribution in [2.45, 2.75) is 12.8 Å². The van der Waals surface area contributed by atoms with Crippen LogP contribution in [0.25, 0.3) is 0 Å². The van der Waals surface area contributed by atoms with E-state index in [1.807, 2.05) is 24.3 Å². The molecule has 2 N–H and O–H groups in total. The van der Waals surface area contributed by atoms with E-state index >= 15 is 0 Å². The van der Waals surface area contributed by atoms with E-state index in [2.05, 4.69) is 10.6 Å². The van der Waals surface area contributed by atoms with E-state index in [1.165, 1.54) is 4.31 Å². The van der Waals surface area contributed by atoms with E-state index in [0.29, 0.717) is 37.3 Å². The molecule has 0 saturated carbocycles. The molecule has 1 aliphatic rings. The van der Waals surface area contributed by atoms with Gasteiger partial charge in [0.05, 0.1) is 18.6 Å². The maximum atomic E-state index is 12.1. The zero-order valence-corrected chi connectivity index (χ0v) is 16.9. The summed E-state index contributed by atoms with van der Waals surface area (Å²) in [5.74, 6) is -0.662. The first-order valence-electron chi connectivity index (χ1n) is 9.22. The van der Waals surface area contributed by atoms with Crippen LogP contribution in [0.15, 0.2) is 48.5 Å². The minimum absolute atomic E-state index is 0.139. The van der Waals surface area contributed by atoms with Crippen molar-refractivity contribution in [3.63, 3.8) is 0 Å². The van der Waals surface area contributed by atoms with Crippen molar-refractivity contribution >= 4 is 33.2 Å². The van der Waals surface area contributed by atoms with Gasteiger partial charge in [0.1, 0.15) is 5.75 Å². The highest BCUT2D eigenvalue weighted by Gasteiger charge is 2.28. The van der Waals surface area contributed by atoms with E-state index in [0.717, 1.165) is 11.3 Å². The van der Waals surface area contributed by atoms with Crippen LogP contribution in [0.2, 0.25) is 0 Å². The predicted molar refractivity (Wildman–Crippen MR) is 111 cm³/mol. The Kier molecular flexibility index (Phi) is 6.38. The monoisotopic (exact) mass is 417 g/mol. The van der Waals surface area contributed by atoms with Crippen LogP contribution in [0.3, 0.4) is 0 Å². The number of sulfonamides is 1. The lowest BCUT2D eigenvalue weighted by Gasteiger charge is -2.17. The minimum atomic E-state index is -3.25. The van der Waals surface area contributed by atoms with Gasteiger partial charge in [0.2, 0.25) is 10.0 Å². The van der Waals surface area contributed by atoms with Crippen molar-refractivity contribution < 1.29 is 22.7 Å². The highest BCUT2D eigenvalue weighted by atomic mass is 32.2. The van der Waals surface area contributed by atoms with E-state index < -0.39 is 21.8 Å². The molecule has 8 nitrogen and oxygen atoms in total. The number of hydrogen-bond donors (Lipinski definition) is 2. The Morgan fingerprint density at radius 3 is 2.45 bits per heavy atom. The quantitative estimate of drug-likeness (QED) is 0.694. The van der Waals surface area contributed by atoms with Gasteiger partial charge in [-0.1, -0.05) is 18.2 Å². The third-order valence-corrected chi connectivity index (χ3v) is 6.46. The number of carbonyl (C=O) groups excluding carboxylic acids is 2. The molecule has 2 aromatic carbocycles. The molecule has 3 rings (SSSR count). The van der Waals surface area contributed by atoms with E-state index in [1.54, 1.807) is 31.4 Å². The summed E-state index contributed by atoms with van der Waals surface area (Å²) >= 11 is 0. The Bertz CT molecular complexity index is 989. The molecule has 0 bridgehead atoms. The molecule has 1 fully saturated rings. The lowest BCUT2D eigenvalue weighted by Crippen LogP contribution is -2.36. The number of rotatable bonds is 6. The number of nitrogens with zero attached hydrogens (tertiary/aromatic N) is 1. The van der Waals surface area contributed by atoms with Gasteiger partial charge in [0.25, 0.3) is 0 Å². The number of amides is 2. The molecule has 0 aromatic heterocycles. The predicted octanol–water partition coefficient (Wildman–Crippen LogP) is 1.53. The number of para-hydroxylation sites is 1. The smallest absolute Gasteiger partial charge is 0.313 e. The van der Waals surface area contributed by atoms with Crippen molar-refractivity contribution in [1.82, 2.24) is 5.32 Å². The highest BCUT2D eigenvalue weighted by molar-refractivity contribution is 7.93. The summed E-state index contributed by atoms with van der Waals surface area (Å²) in [6.07, 6.45) is 1.12. The SMILES string of the molecule is COc1ccccc1CCNC(=O)C(=O)Nc1ccc(N2CCCS2(=O)=O)cc1. The number of carbonyl (C=O) groups is 2. The summed E-state index contributed by atoms with van der Waals surface area (Å²) in [6.45, 7) is 0.737. The molecular weight excluding hydrogens is 394 g/mol. The first-order valence-corrected chi connectivity index (χ1v) is 10.8. The molecule has 1 heterocycles. The van der Waals surface area contributed by atoms with Crippen LogP contribution in [-0.4, -0.2) is 46.2 Å². The Morgan fingerprint density at radius 1 is 1.07 bits per heavy atom. The van der Waals surface area contributed by atoms with Crippen LogP contribution in [-0.2, 0) is 26.0 Å². The Labute approximate surface area is 169 Å². The van der Waals surface area contributed by atoms with Gasteiger partial charge in [-0.3, -0.25) is 13.9 Å². The largest absolute Gasteiger partial charge is 0.496 e. The van der Waals surface area contributed by atoms with Gasteiger partial charge in [-0.15, -0.1) is 0 Å². The summed E-state index contributed by atoms with van der Waals surface area (Å²) in [6, 6.07) is 13.8. The van der Waals surface area contributed by atoms with Gasteiger partial charge in [0, 0.05) is 18.8 Å². The maximum absolute atomic E-state index is 12.1. The van der Waals surface area contributed by atoms with Gasteiger partial charge in [-0.25, -0.2) is 8.42 Å². The van der Waals surface area contributed by atoms with Crippen molar-refractivity contribution in [3.8, 4) is 5.75 Å². The van der Waals surface area contributed by atoms with Crippen LogP contribution in [0.5, 0.6) is 5.75 Å². The summed E-state index contributed by atoms with van der Waals surface area (Å²) in [5.41, 5.74) is 1.89. The van der Waals surface area contributed by atoms with Crippen LogP contribution in [0, 0.1) is 0 Å². The van der Waals surface area contributed by atoms with Crippen LogP contribution < -0.4 is 19.7 Å². The molecule has 0 aliphatic carbocycles. The summed E-state index contributed by atoms with van der Waals surface area (Å²) in [4.78, 5) is 24.1. The molecule has 29 heavy (non-hydrogen) atoms. The van der Waals surface area contributed by atoms with E-state index in [4.69, 9.17) is 4.74 Å². The normalized spacial score (nSPS) is 15.0. The van der Waals surface area contributed by atoms with Gasteiger partial charge in [-0.05, 0) is 48.7 Å². The molecule has 1 aliphatic heterocycles. The Hall–Kier alpha value is -3.07. The molecule has 2 aromatic rings. The average molecular weight is 417 g/mol. The third kappa shape index (κ3) is 5.05. The number of ether oxygens (including phenoxy) is 1. The lowest BCUT2D eigenvalue weighted by molar-refractivity contribution is -0.136. The van der Waals surface area contributed by atoms with Crippen molar-refractivity contribution in [2.75, 3.05) is 35.6 Å². The zero-order chi connectivity index (χ0) is 20.9. The molecule has 9 heteroatoms. The van der Waals surface area contributed by atoms with Crippen molar-refractivity contribution in [3.05, 3.63) is 54.1 Å². The first-order chi connectivity index (χ1) is 13.9. The fourth-order valence-electron chi connectivity index (χ4n) is 3.13. The van der Waals surface area contributed by atoms with Gasteiger partial charge in [0.15, 0.2) is 0 Å². The topological polar surface area (TPSA) is 105 Å². The standard InChI is InChI=1S/C20H23N3O5S/c1-28-18-6-3-2-5-15(18)11-12-21-19(24)20(25)22-16-7-9-17(10-8-16)23-13-4-14-29(23,26)27/h2-3,5-10H,4,11-14H2,1H3,(H,21,24)(H,22,25). The fourth-order valence-corrected chi connectivity index (χ4v) is 4.69. The maximum Gasteiger partial charge on any atom is 0.313 e. The average Bonchev–Trinajstić information content (AvgIpc) is 3.07. The molecular formula is C20H23N3O5S. The van der Waals surface area contributed by atoms with Crippen LogP contribution in [0.4, 0.5) is 11.4 Å². The second-order valence-electron chi connectivity index (χ2n) is 6.56.